The van der Waals surface area contributed by atoms with Gasteiger partial charge >= 0.3 is 0 Å². The molecule has 0 atom stereocenters. The predicted molar refractivity (Wildman–Crippen MR) is 91.2 cm³/mol. The summed E-state index contributed by atoms with van der Waals surface area (Å²) in [6, 6.07) is 6.08. The highest BCUT2D eigenvalue weighted by atomic mass is 15.2. The molecular weight excluding hydrogens is 300 g/mol. The number of fused-ring (bicyclic) bond motifs is 1. The predicted octanol–water partition coefficient (Wildman–Crippen LogP) is 1.87. The topological polar surface area (TPSA) is 59.7 Å². The average Bonchev–Trinajstić information content (AvgIpc) is 2.93. The largest absolute Gasteiger partial charge is 0.297 e. The second-order valence-electron chi connectivity index (χ2n) is 6.15. The van der Waals surface area contributed by atoms with Gasteiger partial charge in [0.25, 0.3) is 0 Å². The van der Waals surface area contributed by atoms with Crippen LogP contribution in [0.2, 0.25) is 0 Å². The van der Waals surface area contributed by atoms with Crippen LogP contribution >= 0.6 is 0 Å². The molecule has 3 aromatic heterocycles. The first-order chi connectivity index (χ1) is 11.8. The molecular formula is C18H20N6. The highest BCUT2D eigenvalue weighted by molar-refractivity contribution is 5.62. The molecule has 1 aliphatic rings. The van der Waals surface area contributed by atoms with Crippen LogP contribution in [0, 0.1) is 0 Å². The van der Waals surface area contributed by atoms with Crippen molar-refractivity contribution in [3.05, 3.63) is 60.1 Å². The minimum absolute atomic E-state index is 0.879. The average molecular weight is 320 g/mol. The third-order valence-corrected chi connectivity index (χ3v) is 4.47. The molecule has 0 aromatic carbocycles. The molecule has 1 aliphatic heterocycles. The number of pyridine rings is 1. The molecule has 4 heterocycles. The van der Waals surface area contributed by atoms with Crippen molar-refractivity contribution in [1.29, 1.82) is 0 Å². The Hall–Kier alpha value is -2.60. The van der Waals surface area contributed by atoms with Crippen LogP contribution in [0.15, 0.2) is 43.1 Å². The third-order valence-electron chi connectivity index (χ3n) is 4.47. The van der Waals surface area contributed by atoms with E-state index in [4.69, 9.17) is 0 Å². The summed E-state index contributed by atoms with van der Waals surface area (Å²) >= 11 is 0. The van der Waals surface area contributed by atoms with Crippen molar-refractivity contribution in [2.75, 3.05) is 13.1 Å². The molecule has 3 aromatic rings. The van der Waals surface area contributed by atoms with Crippen molar-refractivity contribution in [1.82, 2.24) is 29.6 Å². The number of hydrogen-bond acceptors (Lipinski definition) is 5. The van der Waals surface area contributed by atoms with Crippen LogP contribution in [0.25, 0.3) is 11.3 Å². The summed E-state index contributed by atoms with van der Waals surface area (Å²) in [5, 5.41) is 4.27. The van der Waals surface area contributed by atoms with Gasteiger partial charge in [0.15, 0.2) is 0 Å². The van der Waals surface area contributed by atoms with Gasteiger partial charge < -0.3 is 0 Å². The number of rotatable bonds is 3. The standard InChI is InChI=1S/C18H20N6/c1-23-11-14(10-22-23)18-16-5-8-24(9-6-17(16)20-13-21-18)12-15-4-2-3-7-19-15/h2-4,7,10-11,13H,5-6,8-9,12H2,1H3. The molecule has 122 valence electrons. The van der Waals surface area contributed by atoms with E-state index in [-0.39, 0.29) is 0 Å². The quantitative estimate of drug-likeness (QED) is 0.737. The molecule has 0 saturated heterocycles. The summed E-state index contributed by atoms with van der Waals surface area (Å²) in [6.07, 6.45) is 9.31. The zero-order valence-corrected chi connectivity index (χ0v) is 13.8. The second-order valence-corrected chi connectivity index (χ2v) is 6.15. The Bertz CT molecular complexity index is 827. The van der Waals surface area contributed by atoms with E-state index in [0.29, 0.717) is 0 Å². The zero-order chi connectivity index (χ0) is 16.4. The van der Waals surface area contributed by atoms with E-state index in [1.165, 1.54) is 5.56 Å². The van der Waals surface area contributed by atoms with Crippen molar-refractivity contribution >= 4 is 0 Å². The van der Waals surface area contributed by atoms with Crippen LogP contribution in [0.1, 0.15) is 17.0 Å². The minimum Gasteiger partial charge on any atom is -0.297 e. The van der Waals surface area contributed by atoms with Crippen LogP contribution < -0.4 is 0 Å². The van der Waals surface area contributed by atoms with E-state index in [9.17, 15) is 0 Å². The number of hydrogen-bond donors (Lipinski definition) is 0. The number of aryl methyl sites for hydroxylation is 1. The Kier molecular flexibility index (Phi) is 4.04. The van der Waals surface area contributed by atoms with Gasteiger partial charge in [-0.15, -0.1) is 0 Å². The van der Waals surface area contributed by atoms with E-state index < -0.39 is 0 Å². The van der Waals surface area contributed by atoms with Gasteiger partial charge in [-0.2, -0.15) is 5.10 Å². The molecule has 6 heteroatoms. The molecule has 24 heavy (non-hydrogen) atoms. The lowest BCUT2D eigenvalue weighted by Gasteiger charge is -2.18. The first-order valence-electron chi connectivity index (χ1n) is 8.23. The van der Waals surface area contributed by atoms with Crippen LogP contribution in [0.5, 0.6) is 0 Å². The maximum atomic E-state index is 4.53. The molecule has 0 aliphatic carbocycles. The molecule has 6 nitrogen and oxygen atoms in total. The monoisotopic (exact) mass is 320 g/mol. The lowest BCUT2D eigenvalue weighted by molar-refractivity contribution is 0.275. The van der Waals surface area contributed by atoms with E-state index in [1.54, 1.807) is 6.33 Å². The fraction of sp³-hybridized carbons (Fsp3) is 0.333. The Labute approximate surface area is 141 Å². The molecule has 4 rings (SSSR count). The zero-order valence-electron chi connectivity index (χ0n) is 13.8. The van der Waals surface area contributed by atoms with Crippen molar-refractivity contribution in [3.63, 3.8) is 0 Å². The first-order valence-corrected chi connectivity index (χ1v) is 8.23. The van der Waals surface area contributed by atoms with E-state index in [0.717, 1.165) is 55.1 Å². The van der Waals surface area contributed by atoms with Gasteiger partial charge in [0, 0.05) is 62.3 Å². The maximum absolute atomic E-state index is 4.53. The smallest absolute Gasteiger partial charge is 0.116 e. The summed E-state index contributed by atoms with van der Waals surface area (Å²) in [7, 11) is 1.93. The van der Waals surface area contributed by atoms with E-state index >= 15 is 0 Å². The van der Waals surface area contributed by atoms with Crippen LogP contribution in [-0.4, -0.2) is 42.7 Å². The van der Waals surface area contributed by atoms with Gasteiger partial charge in [-0.3, -0.25) is 14.6 Å². The van der Waals surface area contributed by atoms with Gasteiger partial charge in [0.05, 0.1) is 17.6 Å². The van der Waals surface area contributed by atoms with Crippen LogP contribution in [0.3, 0.4) is 0 Å². The lowest BCUT2D eigenvalue weighted by Crippen LogP contribution is -2.26. The second kappa shape index (κ2) is 6.49. The molecule has 0 spiro atoms. The number of aromatic nitrogens is 5. The minimum atomic E-state index is 0.879. The van der Waals surface area contributed by atoms with Gasteiger partial charge in [-0.25, -0.2) is 9.97 Å². The van der Waals surface area contributed by atoms with Gasteiger partial charge in [-0.1, -0.05) is 6.07 Å². The third kappa shape index (κ3) is 3.05. The molecule has 0 bridgehead atoms. The highest BCUT2D eigenvalue weighted by Crippen LogP contribution is 2.25. The van der Waals surface area contributed by atoms with Crippen molar-refractivity contribution in [3.8, 4) is 11.3 Å². The first kappa shape index (κ1) is 15.0. The fourth-order valence-electron chi connectivity index (χ4n) is 3.24. The van der Waals surface area contributed by atoms with Crippen LogP contribution in [-0.2, 0) is 26.4 Å². The Balaban J connectivity index is 1.57. The number of nitrogens with zero attached hydrogens (tertiary/aromatic N) is 6. The van der Waals surface area contributed by atoms with Crippen molar-refractivity contribution in [2.24, 2.45) is 7.05 Å². The van der Waals surface area contributed by atoms with Gasteiger partial charge in [-0.05, 0) is 18.6 Å². The summed E-state index contributed by atoms with van der Waals surface area (Å²) < 4.78 is 1.81. The molecule has 0 amide bonds. The molecule has 0 saturated carbocycles. The van der Waals surface area contributed by atoms with Gasteiger partial charge in [0.1, 0.15) is 6.33 Å². The fourth-order valence-corrected chi connectivity index (χ4v) is 3.24. The summed E-state index contributed by atoms with van der Waals surface area (Å²) in [4.78, 5) is 15.9. The lowest BCUT2D eigenvalue weighted by atomic mass is 10.0. The van der Waals surface area contributed by atoms with Gasteiger partial charge in [0.2, 0.25) is 0 Å². The normalized spacial score (nSPS) is 15.0. The summed E-state index contributed by atoms with van der Waals surface area (Å²) in [6.45, 7) is 2.86. The SMILES string of the molecule is Cn1cc(-c2ncnc3c2CCN(Cc2ccccn2)CC3)cn1. The highest BCUT2D eigenvalue weighted by Gasteiger charge is 2.20. The molecule has 0 unspecified atom stereocenters. The Morgan fingerprint density at radius 1 is 1.08 bits per heavy atom. The molecule has 0 radical (unpaired) electrons. The van der Waals surface area contributed by atoms with Crippen molar-refractivity contribution < 1.29 is 0 Å². The summed E-state index contributed by atoms with van der Waals surface area (Å²) in [5.74, 6) is 0. The maximum Gasteiger partial charge on any atom is 0.116 e. The Morgan fingerprint density at radius 2 is 2.00 bits per heavy atom. The Morgan fingerprint density at radius 3 is 2.79 bits per heavy atom. The molecule has 0 fully saturated rings. The molecule has 0 N–H and O–H groups in total. The van der Waals surface area contributed by atoms with Crippen molar-refractivity contribution in [2.45, 2.75) is 19.4 Å². The van der Waals surface area contributed by atoms with E-state index in [2.05, 4.69) is 31.0 Å². The van der Waals surface area contributed by atoms with Crippen LogP contribution in [0.4, 0.5) is 0 Å². The van der Waals surface area contributed by atoms with E-state index in [1.807, 2.05) is 42.5 Å². The summed E-state index contributed by atoms with van der Waals surface area (Å²) in [5.41, 5.74) is 5.62.